The monoisotopic (exact) mass is 348 g/mol. The molecular weight excluding hydrogens is 324 g/mol. The van der Waals surface area contributed by atoms with E-state index in [4.69, 9.17) is 4.42 Å². The van der Waals surface area contributed by atoms with Crippen molar-refractivity contribution in [2.75, 3.05) is 0 Å². The fourth-order valence-corrected chi connectivity index (χ4v) is 3.63. The second-order valence-corrected chi connectivity index (χ2v) is 7.08. The van der Waals surface area contributed by atoms with Crippen LogP contribution in [0.5, 0.6) is 0 Å². The summed E-state index contributed by atoms with van der Waals surface area (Å²) in [6, 6.07) is 16.1. The Kier molecular flexibility index (Phi) is 5.00. The lowest BCUT2D eigenvalue weighted by Gasteiger charge is -2.22. The first kappa shape index (κ1) is 16.8. The summed E-state index contributed by atoms with van der Waals surface area (Å²) in [5.41, 5.74) is 3.41. The molecule has 3 aromatic rings. The standard InChI is InChI=1S/C22H24N2O2/c25-22(23-18-9-5-2-6-10-18)17-12-13-19-20(15-17)26-21(24-19)14-11-16-7-3-1-4-8-16/h1,3-4,7-8,12-13,15,18H,2,5-6,9-11,14H2,(H,23,25). The van der Waals surface area contributed by atoms with Crippen LogP contribution in [-0.2, 0) is 12.8 Å². The van der Waals surface area contributed by atoms with Gasteiger partial charge in [-0.05, 0) is 43.0 Å². The van der Waals surface area contributed by atoms with Gasteiger partial charge in [0.2, 0.25) is 0 Å². The topological polar surface area (TPSA) is 55.1 Å². The smallest absolute Gasteiger partial charge is 0.251 e. The maximum absolute atomic E-state index is 12.5. The molecule has 1 fully saturated rings. The molecule has 0 bridgehead atoms. The van der Waals surface area contributed by atoms with E-state index in [-0.39, 0.29) is 5.91 Å². The van der Waals surface area contributed by atoms with Crippen molar-refractivity contribution in [1.82, 2.24) is 10.3 Å². The summed E-state index contributed by atoms with van der Waals surface area (Å²) in [7, 11) is 0. The number of aromatic nitrogens is 1. The van der Waals surface area contributed by atoms with Crippen molar-refractivity contribution in [1.29, 1.82) is 0 Å². The lowest BCUT2D eigenvalue weighted by molar-refractivity contribution is 0.0927. The van der Waals surface area contributed by atoms with Gasteiger partial charge >= 0.3 is 0 Å². The molecule has 0 saturated heterocycles. The Morgan fingerprint density at radius 2 is 1.85 bits per heavy atom. The Labute approximate surface area is 153 Å². The first-order valence-corrected chi connectivity index (χ1v) is 9.52. The molecule has 4 nitrogen and oxygen atoms in total. The molecule has 4 heteroatoms. The van der Waals surface area contributed by atoms with E-state index >= 15 is 0 Å². The lowest BCUT2D eigenvalue weighted by Crippen LogP contribution is -2.36. The number of carbonyl (C=O) groups is 1. The van der Waals surface area contributed by atoms with Gasteiger partial charge in [-0.15, -0.1) is 0 Å². The molecule has 0 aliphatic heterocycles. The van der Waals surface area contributed by atoms with Crippen LogP contribution in [0.3, 0.4) is 0 Å². The van der Waals surface area contributed by atoms with Crippen LogP contribution in [-0.4, -0.2) is 16.9 Å². The molecule has 26 heavy (non-hydrogen) atoms. The number of nitrogens with zero attached hydrogens (tertiary/aromatic N) is 1. The van der Waals surface area contributed by atoms with Crippen molar-refractivity contribution in [3.8, 4) is 0 Å². The predicted octanol–water partition coefficient (Wildman–Crippen LogP) is 4.68. The molecule has 0 atom stereocenters. The van der Waals surface area contributed by atoms with Gasteiger partial charge in [0, 0.05) is 18.0 Å². The summed E-state index contributed by atoms with van der Waals surface area (Å²) < 4.78 is 5.88. The van der Waals surface area contributed by atoms with Crippen LogP contribution < -0.4 is 5.32 Å². The third-order valence-corrected chi connectivity index (χ3v) is 5.11. The van der Waals surface area contributed by atoms with Crippen LogP contribution in [0.25, 0.3) is 11.1 Å². The van der Waals surface area contributed by atoms with Gasteiger partial charge in [-0.1, -0.05) is 49.6 Å². The van der Waals surface area contributed by atoms with E-state index < -0.39 is 0 Å². The molecule has 1 saturated carbocycles. The molecule has 1 aromatic heterocycles. The van der Waals surface area contributed by atoms with Gasteiger partial charge in [-0.3, -0.25) is 4.79 Å². The summed E-state index contributed by atoms with van der Waals surface area (Å²) in [6.45, 7) is 0. The van der Waals surface area contributed by atoms with Gasteiger partial charge in [0.15, 0.2) is 11.5 Å². The van der Waals surface area contributed by atoms with E-state index in [1.54, 1.807) is 0 Å². The summed E-state index contributed by atoms with van der Waals surface area (Å²) in [4.78, 5) is 17.0. The van der Waals surface area contributed by atoms with Crippen molar-refractivity contribution in [2.45, 2.75) is 51.0 Å². The Morgan fingerprint density at radius 3 is 2.65 bits per heavy atom. The van der Waals surface area contributed by atoms with Crippen LogP contribution in [0.2, 0.25) is 0 Å². The van der Waals surface area contributed by atoms with Gasteiger partial charge in [0.1, 0.15) is 5.52 Å². The SMILES string of the molecule is O=C(NC1CCCCC1)c1ccc2nc(CCc3ccccc3)oc2c1. The summed E-state index contributed by atoms with van der Waals surface area (Å²) in [6.07, 6.45) is 7.50. The first-order chi connectivity index (χ1) is 12.8. The average molecular weight is 348 g/mol. The zero-order valence-corrected chi connectivity index (χ0v) is 14.9. The highest BCUT2D eigenvalue weighted by Gasteiger charge is 2.17. The van der Waals surface area contributed by atoms with Crippen LogP contribution in [0, 0.1) is 0 Å². The molecule has 2 aromatic carbocycles. The Bertz CT molecular complexity index is 880. The molecule has 4 rings (SSSR count). The van der Waals surface area contributed by atoms with E-state index in [0.717, 1.165) is 31.2 Å². The lowest BCUT2D eigenvalue weighted by atomic mass is 9.95. The Hall–Kier alpha value is -2.62. The number of amides is 1. The third kappa shape index (κ3) is 3.96. The molecule has 1 amide bonds. The fourth-order valence-electron chi connectivity index (χ4n) is 3.63. The van der Waals surface area contributed by atoms with E-state index in [9.17, 15) is 4.79 Å². The van der Waals surface area contributed by atoms with Gasteiger partial charge in [0.25, 0.3) is 5.91 Å². The summed E-state index contributed by atoms with van der Waals surface area (Å²) in [5, 5.41) is 3.15. The number of benzene rings is 2. The predicted molar refractivity (Wildman–Crippen MR) is 102 cm³/mol. The third-order valence-electron chi connectivity index (χ3n) is 5.11. The minimum absolute atomic E-state index is 0.0129. The highest BCUT2D eigenvalue weighted by molar-refractivity contribution is 5.97. The zero-order chi connectivity index (χ0) is 17.8. The Morgan fingerprint density at radius 1 is 1.04 bits per heavy atom. The van der Waals surface area contributed by atoms with E-state index in [0.29, 0.717) is 23.1 Å². The van der Waals surface area contributed by atoms with E-state index in [1.807, 2.05) is 36.4 Å². The largest absolute Gasteiger partial charge is 0.441 e. The molecular formula is C22H24N2O2. The van der Waals surface area contributed by atoms with Gasteiger partial charge in [-0.2, -0.15) is 0 Å². The Balaban J connectivity index is 1.44. The summed E-state index contributed by atoms with van der Waals surface area (Å²) in [5.74, 6) is 0.703. The highest BCUT2D eigenvalue weighted by Crippen LogP contribution is 2.21. The molecule has 0 spiro atoms. The fraction of sp³-hybridized carbons (Fsp3) is 0.364. The maximum Gasteiger partial charge on any atom is 0.251 e. The molecule has 1 heterocycles. The van der Waals surface area contributed by atoms with Gasteiger partial charge < -0.3 is 9.73 Å². The summed E-state index contributed by atoms with van der Waals surface area (Å²) >= 11 is 0. The maximum atomic E-state index is 12.5. The number of nitrogens with one attached hydrogen (secondary N) is 1. The van der Waals surface area contributed by atoms with Crippen molar-refractivity contribution in [3.63, 3.8) is 0 Å². The number of oxazole rings is 1. The number of aryl methyl sites for hydroxylation is 2. The minimum atomic E-state index is -0.0129. The van der Waals surface area contributed by atoms with Gasteiger partial charge in [0.05, 0.1) is 0 Å². The minimum Gasteiger partial charge on any atom is -0.441 e. The molecule has 1 N–H and O–H groups in total. The number of fused-ring (bicyclic) bond motifs is 1. The highest BCUT2D eigenvalue weighted by atomic mass is 16.3. The van der Waals surface area contributed by atoms with Crippen molar-refractivity contribution in [3.05, 3.63) is 65.5 Å². The quantitative estimate of drug-likeness (QED) is 0.728. The zero-order valence-electron chi connectivity index (χ0n) is 14.9. The molecule has 1 aliphatic rings. The van der Waals surface area contributed by atoms with E-state index in [1.165, 1.54) is 24.8 Å². The molecule has 1 aliphatic carbocycles. The molecule has 0 unspecified atom stereocenters. The normalized spacial score (nSPS) is 15.2. The van der Waals surface area contributed by atoms with Crippen LogP contribution in [0.1, 0.15) is 53.9 Å². The van der Waals surface area contributed by atoms with Gasteiger partial charge in [-0.25, -0.2) is 4.98 Å². The van der Waals surface area contributed by atoms with Crippen molar-refractivity contribution in [2.24, 2.45) is 0 Å². The second kappa shape index (κ2) is 7.73. The number of carbonyl (C=O) groups excluding carboxylic acids is 1. The van der Waals surface area contributed by atoms with E-state index in [2.05, 4.69) is 22.4 Å². The van der Waals surface area contributed by atoms with Crippen LogP contribution in [0.4, 0.5) is 0 Å². The number of hydrogen-bond donors (Lipinski definition) is 1. The second-order valence-electron chi connectivity index (χ2n) is 7.08. The molecule has 134 valence electrons. The van der Waals surface area contributed by atoms with Crippen LogP contribution >= 0.6 is 0 Å². The van der Waals surface area contributed by atoms with Crippen molar-refractivity contribution >= 4 is 17.0 Å². The number of hydrogen-bond acceptors (Lipinski definition) is 3. The van der Waals surface area contributed by atoms with Crippen molar-refractivity contribution < 1.29 is 9.21 Å². The van der Waals surface area contributed by atoms with Crippen LogP contribution in [0.15, 0.2) is 52.9 Å². The average Bonchev–Trinajstić information content (AvgIpc) is 3.10. The molecule has 0 radical (unpaired) electrons. The first-order valence-electron chi connectivity index (χ1n) is 9.52. The number of rotatable bonds is 5.